The van der Waals surface area contributed by atoms with E-state index in [1.807, 2.05) is 13.0 Å². The van der Waals surface area contributed by atoms with Crippen molar-refractivity contribution >= 4 is 51.3 Å². The van der Waals surface area contributed by atoms with Gasteiger partial charge in [0.05, 0.1) is 31.0 Å². The number of anilines is 1. The Morgan fingerprint density at radius 2 is 1.85 bits per heavy atom. The summed E-state index contributed by atoms with van der Waals surface area (Å²) in [5.74, 6) is -0.327. The van der Waals surface area contributed by atoms with Crippen LogP contribution in [-0.4, -0.2) is 50.1 Å². The number of hydrogen-bond donors (Lipinski definition) is 1. The first kappa shape index (κ1) is 31.3. The van der Waals surface area contributed by atoms with Crippen molar-refractivity contribution in [1.29, 1.82) is 0 Å². The van der Waals surface area contributed by atoms with Gasteiger partial charge in [-0.1, -0.05) is 78.4 Å². The summed E-state index contributed by atoms with van der Waals surface area (Å²) in [6.07, 6.45) is 3.61. The van der Waals surface area contributed by atoms with Crippen LogP contribution in [0.2, 0.25) is 0 Å². The van der Waals surface area contributed by atoms with E-state index in [1.54, 1.807) is 47.9 Å². The van der Waals surface area contributed by atoms with Crippen molar-refractivity contribution in [1.82, 2.24) is 19.6 Å². The minimum atomic E-state index is -1.02. The number of ether oxygens (including phenoxy) is 2. The lowest BCUT2D eigenvalue weighted by molar-refractivity contribution is -0.132. The molecule has 10 nitrogen and oxygen atoms in total. The fourth-order valence-corrected chi connectivity index (χ4v) is 7.18. The number of rotatable bonds is 11. The summed E-state index contributed by atoms with van der Waals surface area (Å²) in [5, 5.41) is 20.8. The van der Waals surface area contributed by atoms with E-state index in [-0.39, 0.29) is 16.5 Å². The molecule has 1 atom stereocenters. The maximum absolute atomic E-state index is 13.9. The second-order valence-electron chi connectivity index (χ2n) is 10.9. The Labute approximate surface area is 274 Å². The summed E-state index contributed by atoms with van der Waals surface area (Å²) in [7, 11) is 1.53. The zero-order valence-electron chi connectivity index (χ0n) is 25.9. The van der Waals surface area contributed by atoms with Crippen LogP contribution in [-0.2, 0) is 15.3 Å². The van der Waals surface area contributed by atoms with Gasteiger partial charge in [-0.3, -0.25) is 18.9 Å². The van der Waals surface area contributed by atoms with E-state index in [2.05, 4.69) is 46.4 Å². The molecule has 6 rings (SSSR count). The smallest absolute Gasteiger partial charge is 0.301 e. The van der Waals surface area contributed by atoms with Gasteiger partial charge >= 0.3 is 5.91 Å². The molecule has 1 aliphatic heterocycles. The number of fused-ring (bicyclic) bond motifs is 1. The maximum Gasteiger partial charge on any atom is 0.301 e. The number of ketones is 1. The minimum Gasteiger partial charge on any atom is -0.505 e. The molecule has 1 amide bonds. The van der Waals surface area contributed by atoms with Crippen molar-refractivity contribution < 1.29 is 24.2 Å². The molecule has 5 aromatic rings. The van der Waals surface area contributed by atoms with Crippen molar-refractivity contribution in [3.63, 3.8) is 0 Å². The fraction of sp³-hybridized carbons (Fsp3) is 0.265. The van der Waals surface area contributed by atoms with Gasteiger partial charge in [0.1, 0.15) is 11.3 Å². The average molecular weight is 656 g/mol. The van der Waals surface area contributed by atoms with Crippen LogP contribution in [0.15, 0.2) is 76.8 Å². The number of aromatic nitrogens is 4. The molecule has 1 unspecified atom stereocenters. The monoisotopic (exact) mass is 655 g/mol. The van der Waals surface area contributed by atoms with Gasteiger partial charge < -0.3 is 14.6 Å². The minimum absolute atomic E-state index is 0.0792. The summed E-state index contributed by atoms with van der Waals surface area (Å²) in [6, 6.07) is 17.9. The van der Waals surface area contributed by atoms with Gasteiger partial charge in [-0.15, -0.1) is 10.2 Å². The van der Waals surface area contributed by atoms with Crippen molar-refractivity contribution in [2.75, 3.05) is 18.6 Å². The van der Waals surface area contributed by atoms with Gasteiger partial charge in [-0.05, 0) is 55.7 Å². The molecule has 2 aromatic carbocycles. The fourth-order valence-electron chi connectivity index (χ4n) is 5.36. The van der Waals surface area contributed by atoms with E-state index >= 15 is 0 Å². The Morgan fingerprint density at radius 1 is 1.04 bits per heavy atom. The van der Waals surface area contributed by atoms with Gasteiger partial charge in [-0.2, -0.15) is 0 Å². The molecule has 0 saturated carbocycles. The van der Waals surface area contributed by atoms with Gasteiger partial charge in [0.15, 0.2) is 21.6 Å². The quantitative estimate of drug-likeness (QED) is 0.0404. The average Bonchev–Trinajstić information content (AvgIpc) is 3.74. The number of benzene rings is 2. The van der Waals surface area contributed by atoms with E-state index in [0.717, 1.165) is 18.4 Å². The summed E-state index contributed by atoms with van der Waals surface area (Å²) in [5.41, 5.74) is 4.21. The predicted molar refractivity (Wildman–Crippen MR) is 179 cm³/mol. The number of aliphatic hydroxyl groups excluding tert-OH is 1. The number of imidazole rings is 1. The third-order valence-corrected chi connectivity index (χ3v) is 9.84. The van der Waals surface area contributed by atoms with Crippen molar-refractivity contribution in [2.45, 2.75) is 49.7 Å². The molecule has 12 heteroatoms. The van der Waals surface area contributed by atoms with E-state index in [0.29, 0.717) is 50.8 Å². The Morgan fingerprint density at radius 3 is 2.61 bits per heavy atom. The van der Waals surface area contributed by atoms with Gasteiger partial charge in [0.25, 0.3) is 5.78 Å². The molecule has 0 bridgehead atoms. The summed E-state index contributed by atoms with van der Waals surface area (Å²) < 4.78 is 14.0. The number of thioether (sulfide) groups is 1. The molecule has 236 valence electrons. The standard InChI is InChI=1S/C34H33N5O5S2/c1-5-6-17-44-24-15-14-23(18-25(24)43-4)29-27(30(40)28-21(3)35-26-9-7-8-16-38(26)28)31(41)32(42)39(29)33-36-37-34(46-33)45-19-22-12-10-20(2)11-13-22/h7-16,18,29,40H,5-6,17,19H2,1-4H3/b30-27+. The van der Waals surface area contributed by atoms with Crippen LogP contribution in [0.25, 0.3) is 11.4 Å². The number of unbranched alkanes of at least 4 members (excludes halogenated alkanes) is 1. The third-order valence-electron chi connectivity index (χ3n) is 7.72. The van der Waals surface area contributed by atoms with Crippen molar-refractivity contribution in [2.24, 2.45) is 0 Å². The van der Waals surface area contributed by atoms with Crippen LogP contribution >= 0.6 is 23.1 Å². The molecule has 1 aliphatic rings. The summed E-state index contributed by atoms with van der Waals surface area (Å²) >= 11 is 2.71. The number of hydrogen-bond acceptors (Lipinski definition) is 10. The lowest BCUT2D eigenvalue weighted by Gasteiger charge is -2.23. The van der Waals surface area contributed by atoms with E-state index in [9.17, 15) is 14.7 Å². The molecule has 0 spiro atoms. The molecule has 3 aromatic heterocycles. The van der Waals surface area contributed by atoms with Crippen LogP contribution in [0.1, 0.15) is 53.9 Å². The second kappa shape index (κ2) is 13.4. The van der Waals surface area contributed by atoms with Gasteiger partial charge in [0, 0.05) is 11.9 Å². The topological polar surface area (TPSA) is 119 Å². The molecule has 0 aliphatic carbocycles. The SMILES string of the molecule is CCCCOc1ccc(C2/C(=C(\O)c3c(C)nc4ccccn34)C(=O)C(=O)N2c2nnc(SCc3ccc(C)cc3)s2)cc1OC. The molecule has 1 saturated heterocycles. The highest BCUT2D eigenvalue weighted by Crippen LogP contribution is 2.46. The Bertz CT molecular complexity index is 1950. The highest BCUT2D eigenvalue weighted by Gasteiger charge is 2.49. The number of carbonyl (C=O) groups is 2. The number of Topliss-reactive ketones (excluding diaryl/α,β-unsaturated/α-hetero) is 1. The number of pyridine rings is 1. The first-order chi connectivity index (χ1) is 22.3. The highest BCUT2D eigenvalue weighted by molar-refractivity contribution is 8.00. The molecular formula is C34H33N5O5S2. The summed E-state index contributed by atoms with van der Waals surface area (Å²) in [4.78, 5) is 33.5. The molecule has 1 N–H and O–H groups in total. The van der Waals surface area contributed by atoms with E-state index in [4.69, 9.17) is 9.47 Å². The number of aryl methyl sites for hydroxylation is 2. The van der Waals surface area contributed by atoms with E-state index < -0.39 is 17.7 Å². The molecule has 4 heterocycles. The number of nitrogens with zero attached hydrogens (tertiary/aromatic N) is 5. The largest absolute Gasteiger partial charge is 0.505 e. The van der Waals surface area contributed by atoms with Crippen LogP contribution in [0.3, 0.4) is 0 Å². The normalized spacial score (nSPS) is 16.0. The third kappa shape index (κ3) is 5.97. The van der Waals surface area contributed by atoms with Crippen LogP contribution in [0, 0.1) is 13.8 Å². The molecule has 0 radical (unpaired) electrons. The first-order valence-electron chi connectivity index (χ1n) is 14.9. The molecule has 46 heavy (non-hydrogen) atoms. The van der Waals surface area contributed by atoms with Crippen molar-refractivity contribution in [3.8, 4) is 11.5 Å². The lowest BCUT2D eigenvalue weighted by Crippen LogP contribution is -2.29. The Hall–Kier alpha value is -4.68. The van der Waals surface area contributed by atoms with E-state index in [1.165, 1.54) is 40.7 Å². The second-order valence-corrected chi connectivity index (χ2v) is 13.1. The van der Waals surface area contributed by atoms with Crippen LogP contribution in [0.4, 0.5) is 5.13 Å². The zero-order chi connectivity index (χ0) is 32.4. The molecule has 1 fully saturated rings. The molecular weight excluding hydrogens is 623 g/mol. The van der Waals surface area contributed by atoms with Gasteiger partial charge in [-0.25, -0.2) is 4.98 Å². The lowest BCUT2D eigenvalue weighted by atomic mass is 9.96. The number of aliphatic hydroxyl groups is 1. The summed E-state index contributed by atoms with van der Waals surface area (Å²) in [6.45, 7) is 6.39. The van der Waals surface area contributed by atoms with Crippen molar-refractivity contribution in [3.05, 3.63) is 101 Å². The first-order valence-corrected chi connectivity index (χ1v) is 16.7. The number of amides is 1. The van der Waals surface area contributed by atoms with Gasteiger partial charge in [0.2, 0.25) is 5.13 Å². The highest BCUT2D eigenvalue weighted by atomic mass is 32.2. The number of methoxy groups -OCH3 is 1. The van der Waals surface area contributed by atoms with Crippen LogP contribution in [0.5, 0.6) is 11.5 Å². The Kier molecular flexibility index (Phi) is 9.09. The van der Waals surface area contributed by atoms with Crippen LogP contribution < -0.4 is 14.4 Å². The number of carbonyl (C=O) groups excluding carboxylic acids is 2. The zero-order valence-corrected chi connectivity index (χ0v) is 27.5. The predicted octanol–water partition coefficient (Wildman–Crippen LogP) is 6.91. The maximum atomic E-state index is 13.9. The Balaban J connectivity index is 1.44.